The van der Waals surface area contributed by atoms with Crippen LogP contribution in [0.3, 0.4) is 0 Å². The first-order valence-electron chi connectivity index (χ1n) is 5.60. The van der Waals surface area contributed by atoms with E-state index in [0.29, 0.717) is 0 Å². The quantitative estimate of drug-likeness (QED) is 0.714. The molecule has 1 aromatic rings. The third kappa shape index (κ3) is 6.16. The number of aromatic nitrogens is 1. The highest BCUT2D eigenvalue weighted by atomic mass is 32.2. The molecule has 0 amide bonds. The molecule has 1 heterocycles. The average molecular weight is 332 g/mol. The van der Waals surface area contributed by atoms with E-state index in [4.69, 9.17) is 0 Å². The number of sulfonamides is 1. The Morgan fingerprint density at radius 2 is 2.10 bits per heavy atom. The zero-order chi connectivity index (χ0) is 15.4. The minimum Gasteiger partial charge on any atom is -0.371 e. The number of halogens is 3. The maximum atomic E-state index is 11.8. The first kappa shape index (κ1) is 17.3. The van der Waals surface area contributed by atoms with Gasteiger partial charge in [-0.15, -0.1) is 11.3 Å². The Hall–Kier alpha value is -0.710. The number of rotatable bonds is 7. The molecule has 0 aliphatic heterocycles. The van der Waals surface area contributed by atoms with Gasteiger partial charge in [0.2, 0.25) is 10.0 Å². The fraction of sp³-hybridized carbons (Fsp3) is 0.700. The van der Waals surface area contributed by atoms with E-state index in [2.05, 4.69) is 9.72 Å². The molecule has 10 heteroatoms. The van der Waals surface area contributed by atoms with Crippen molar-refractivity contribution >= 4 is 21.4 Å². The highest BCUT2D eigenvalue weighted by molar-refractivity contribution is 7.89. The standard InChI is InChI=1S/C10H15F3N2O3S2/c1-8-14-5-9(19-8)6-15(2)20(16,17)4-3-18-7-10(11,12)13/h5H,3-4,6-7H2,1-2H3. The lowest BCUT2D eigenvalue weighted by Crippen LogP contribution is -2.31. The van der Waals surface area contributed by atoms with Crippen LogP contribution < -0.4 is 0 Å². The van der Waals surface area contributed by atoms with E-state index in [0.717, 1.165) is 14.2 Å². The Bertz CT molecular complexity index is 528. The number of hydrogen-bond acceptors (Lipinski definition) is 5. The number of hydrogen-bond donors (Lipinski definition) is 0. The largest absolute Gasteiger partial charge is 0.411 e. The monoisotopic (exact) mass is 332 g/mol. The van der Waals surface area contributed by atoms with Gasteiger partial charge in [0, 0.05) is 24.7 Å². The lowest BCUT2D eigenvalue weighted by molar-refractivity contribution is -0.172. The first-order chi connectivity index (χ1) is 9.10. The van der Waals surface area contributed by atoms with E-state index in [-0.39, 0.29) is 6.54 Å². The van der Waals surface area contributed by atoms with Gasteiger partial charge in [0.05, 0.1) is 17.4 Å². The number of nitrogens with zero attached hydrogens (tertiary/aromatic N) is 2. The molecule has 1 aromatic heterocycles. The molecule has 0 aromatic carbocycles. The first-order valence-corrected chi connectivity index (χ1v) is 8.02. The van der Waals surface area contributed by atoms with Crippen LogP contribution in [0.2, 0.25) is 0 Å². The second-order valence-electron chi connectivity index (χ2n) is 4.09. The lowest BCUT2D eigenvalue weighted by Gasteiger charge is -2.16. The predicted octanol–water partition coefficient (Wildman–Crippen LogP) is 1.79. The Labute approximate surface area is 119 Å². The average Bonchev–Trinajstić information content (AvgIpc) is 2.69. The van der Waals surface area contributed by atoms with Crippen LogP contribution in [-0.2, 0) is 21.3 Å². The zero-order valence-electron chi connectivity index (χ0n) is 11.0. The Morgan fingerprint density at radius 3 is 2.60 bits per heavy atom. The molecule has 0 radical (unpaired) electrons. The van der Waals surface area contributed by atoms with E-state index < -0.39 is 35.2 Å². The number of aryl methyl sites for hydroxylation is 1. The molecule has 0 saturated heterocycles. The fourth-order valence-corrected chi connectivity index (χ4v) is 3.21. The molecule has 0 fully saturated rings. The van der Waals surface area contributed by atoms with Gasteiger partial charge in [-0.1, -0.05) is 0 Å². The van der Waals surface area contributed by atoms with Crippen molar-refractivity contribution in [2.45, 2.75) is 19.6 Å². The zero-order valence-corrected chi connectivity index (χ0v) is 12.6. The van der Waals surface area contributed by atoms with Crippen molar-refractivity contribution in [1.29, 1.82) is 0 Å². The van der Waals surface area contributed by atoms with Gasteiger partial charge in [0.1, 0.15) is 6.61 Å². The Balaban J connectivity index is 2.43. The highest BCUT2D eigenvalue weighted by Crippen LogP contribution is 2.16. The van der Waals surface area contributed by atoms with Crippen molar-refractivity contribution in [3.63, 3.8) is 0 Å². The maximum absolute atomic E-state index is 11.8. The smallest absolute Gasteiger partial charge is 0.371 e. The Morgan fingerprint density at radius 1 is 1.45 bits per heavy atom. The van der Waals surface area contributed by atoms with Crippen LogP contribution in [0.4, 0.5) is 13.2 Å². The van der Waals surface area contributed by atoms with Crippen LogP contribution in [0.1, 0.15) is 9.88 Å². The van der Waals surface area contributed by atoms with Crippen molar-refractivity contribution < 1.29 is 26.3 Å². The molecule has 0 saturated carbocycles. The SMILES string of the molecule is Cc1ncc(CN(C)S(=O)(=O)CCOCC(F)(F)F)s1. The van der Waals surface area contributed by atoms with Crippen molar-refractivity contribution in [2.24, 2.45) is 0 Å². The summed E-state index contributed by atoms with van der Waals surface area (Å²) in [6.45, 7) is 0.00886. The number of thiazole rings is 1. The molecular weight excluding hydrogens is 317 g/mol. The molecule has 0 spiro atoms. The summed E-state index contributed by atoms with van der Waals surface area (Å²) in [5.41, 5.74) is 0. The van der Waals surface area contributed by atoms with Gasteiger partial charge in [-0.25, -0.2) is 13.4 Å². The molecule has 0 aliphatic rings. The van der Waals surface area contributed by atoms with Gasteiger partial charge in [-0.05, 0) is 6.92 Å². The second-order valence-corrected chi connectivity index (χ2v) is 7.60. The highest BCUT2D eigenvalue weighted by Gasteiger charge is 2.28. The van der Waals surface area contributed by atoms with E-state index in [1.807, 2.05) is 0 Å². The molecule has 0 N–H and O–H groups in total. The van der Waals surface area contributed by atoms with Crippen molar-refractivity contribution in [2.75, 3.05) is 26.0 Å². The summed E-state index contributed by atoms with van der Waals surface area (Å²) in [6.07, 6.45) is -2.87. The van der Waals surface area contributed by atoms with E-state index >= 15 is 0 Å². The minimum absolute atomic E-state index is 0.146. The van der Waals surface area contributed by atoms with E-state index in [9.17, 15) is 21.6 Å². The summed E-state index contributed by atoms with van der Waals surface area (Å²) in [6, 6.07) is 0. The second kappa shape index (κ2) is 6.83. The summed E-state index contributed by atoms with van der Waals surface area (Å²) in [7, 11) is -2.28. The molecule has 0 atom stereocenters. The molecule has 0 bridgehead atoms. The van der Waals surface area contributed by atoms with Crippen LogP contribution in [0.5, 0.6) is 0 Å². The van der Waals surface area contributed by atoms with Gasteiger partial charge in [-0.2, -0.15) is 17.5 Å². The van der Waals surface area contributed by atoms with Gasteiger partial charge in [0.25, 0.3) is 0 Å². The van der Waals surface area contributed by atoms with Crippen molar-refractivity contribution in [3.8, 4) is 0 Å². The normalized spacial score (nSPS) is 13.1. The van der Waals surface area contributed by atoms with Crippen LogP contribution in [0.25, 0.3) is 0 Å². The summed E-state index contributed by atoms with van der Waals surface area (Å²) in [5, 5.41) is 0.819. The fourth-order valence-electron chi connectivity index (χ4n) is 1.30. The molecule has 1 rings (SSSR count). The third-order valence-electron chi connectivity index (χ3n) is 2.27. The molecule has 116 valence electrons. The lowest BCUT2D eigenvalue weighted by atomic mass is 10.5. The number of ether oxygens (including phenoxy) is 1. The summed E-state index contributed by atoms with van der Waals surface area (Å²) in [5.74, 6) is -0.489. The van der Waals surface area contributed by atoms with Gasteiger partial charge < -0.3 is 4.74 Å². The van der Waals surface area contributed by atoms with Crippen molar-refractivity contribution in [1.82, 2.24) is 9.29 Å². The van der Waals surface area contributed by atoms with Crippen LogP contribution >= 0.6 is 11.3 Å². The molecular formula is C10H15F3N2O3S2. The molecule has 0 aliphatic carbocycles. The van der Waals surface area contributed by atoms with Gasteiger partial charge in [0.15, 0.2) is 0 Å². The van der Waals surface area contributed by atoms with Crippen LogP contribution in [0, 0.1) is 6.92 Å². The van der Waals surface area contributed by atoms with E-state index in [1.54, 1.807) is 13.1 Å². The Kier molecular flexibility index (Phi) is 5.92. The number of alkyl halides is 3. The maximum Gasteiger partial charge on any atom is 0.411 e. The summed E-state index contributed by atoms with van der Waals surface area (Å²) < 4.78 is 64.5. The van der Waals surface area contributed by atoms with Crippen LogP contribution in [0.15, 0.2) is 6.20 Å². The third-order valence-corrected chi connectivity index (χ3v) is 4.93. The van der Waals surface area contributed by atoms with Gasteiger partial charge >= 0.3 is 6.18 Å². The molecule has 5 nitrogen and oxygen atoms in total. The topological polar surface area (TPSA) is 59.5 Å². The summed E-state index contributed by atoms with van der Waals surface area (Å²) >= 11 is 1.37. The minimum atomic E-state index is -4.45. The van der Waals surface area contributed by atoms with Gasteiger partial charge in [-0.3, -0.25) is 0 Å². The van der Waals surface area contributed by atoms with Crippen molar-refractivity contribution in [3.05, 3.63) is 16.1 Å². The summed E-state index contributed by atoms with van der Waals surface area (Å²) in [4.78, 5) is 4.77. The molecule has 0 unspecified atom stereocenters. The van der Waals surface area contributed by atoms with Crippen LogP contribution in [-0.4, -0.2) is 49.9 Å². The molecule has 20 heavy (non-hydrogen) atoms. The van der Waals surface area contributed by atoms with E-state index in [1.165, 1.54) is 18.4 Å². The predicted molar refractivity (Wildman–Crippen MR) is 69.0 cm³/mol.